The van der Waals surface area contributed by atoms with Gasteiger partial charge in [0.2, 0.25) is 0 Å². The van der Waals surface area contributed by atoms with Gasteiger partial charge in [-0.15, -0.1) is 0 Å². The molecule has 0 amide bonds. The van der Waals surface area contributed by atoms with Crippen molar-refractivity contribution in [2.24, 2.45) is 0 Å². The van der Waals surface area contributed by atoms with Crippen LogP contribution in [-0.2, 0) is 0 Å². The zero-order chi connectivity index (χ0) is 20.4. The highest BCUT2D eigenvalue weighted by molar-refractivity contribution is 6.01. The molecule has 0 unspecified atom stereocenters. The summed E-state index contributed by atoms with van der Waals surface area (Å²) in [5.74, 6) is 1.75. The maximum Gasteiger partial charge on any atom is 0.344 e. The predicted molar refractivity (Wildman–Crippen MR) is 113 cm³/mol. The highest BCUT2D eigenvalue weighted by Crippen LogP contribution is 2.39. The lowest BCUT2D eigenvalue weighted by molar-refractivity contribution is 0.355. The van der Waals surface area contributed by atoms with E-state index in [-0.39, 0.29) is 0 Å². The van der Waals surface area contributed by atoms with Gasteiger partial charge in [0, 0.05) is 17.0 Å². The molecule has 0 saturated carbocycles. The molecule has 3 aromatic carbocycles. The first-order chi connectivity index (χ1) is 14.2. The fraction of sp³-hybridized carbons (Fsp3) is 0.125. The molecular weight excluding hydrogens is 368 g/mol. The van der Waals surface area contributed by atoms with Gasteiger partial charge in [-0.25, -0.2) is 4.79 Å². The van der Waals surface area contributed by atoms with E-state index in [9.17, 15) is 4.79 Å². The SMILES string of the molecule is COc1ccc2c(-c3ccccc3)c(-c3ccc(OC)c(OC)c3)c(=O)oc2c1. The highest BCUT2D eigenvalue weighted by atomic mass is 16.5. The number of fused-ring (bicyclic) bond motifs is 1. The van der Waals surface area contributed by atoms with E-state index in [1.807, 2.05) is 48.5 Å². The first-order valence-electron chi connectivity index (χ1n) is 9.09. The lowest BCUT2D eigenvalue weighted by Crippen LogP contribution is -2.06. The minimum Gasteiger partial charge on any atom is -0.497 e. The molecule has 0 aliphatic heterocycles. The van der Waals surface area contributed by atoms with Crippen LogP contribution in [0.2, 0.25) is 0 Å². The van der Waals surface area contributed by atoms with Gasteiger partial charge >= 0.3 is 5.63 Å². The molecule has 5 heteroatoms. The van der Waals surface area contributed by atoms with Crippen molar-refractivity contribution in [3.8, 4) is 39.5 Å². The normalized spacial score (nSPS) is 10.7. The Balaban J connectivity index is 2.09. The Morgan fingerprint density at radius 3 is 2.14 bits per heavy atom. The summed E-state index contributed by atoms with van der Waals surface area (Å²) < 4.78 is 21.7. The van der Waals surface area contributed by atoms with E-state index >= 15 is 0 Å². The largest absolute Gasteiger partial charge is 0.497 e. The summed E-state index contributed by atoms with van der Waals surface area (Å²) >= 11 is 0. The van der Waals surface area contributed by atoms with Crippen molar-refractivity contribution in [1.82, 2.24) is 0 Å². The van der Waals surface area contributed by atoms with Gasteiger partial charge in [-0.05, 0) is 35.4 Å². The maximum atomic E-state index is 13.1. The molecule has 29 heavy (non-hydrogen) atoms. The third-order valence-corrected chi connectivity index (χ3v) is 4.85. The quantitative estimate of drug-likeness (QED) is 0.443. The van der Waals surface area contributed by atoms with Crippen molar-refractivity contribution in [2.45, 2.75) is 0 Å². The van der Waals surface area contributed by atoms with Crippen molar-refractivity contribution in [1.29, 1.82) is 0 Å². The number of hydrogen-bond donors (Lipinski definition) is 0. The molecule has 4 rings (SSSR count). The summed E-state index contributed by atoms with van der Waals surface area (Å²) in [6, 6.07) is 20.7. The Morgan fingerprint density at radius 1 is 0.690 bits per heavy atom. The zero-order valence-electron chi connectivity index (χ0n) is 16.4. The summed E-state index contributed by atoms with van der Waals surface area (Å²) in [6.07, 6.45) is 0. The number of hydrogen-bond acceptors (Lipinski definition) is 5. The van der Waals surface area contributed by atoms with Crippen molar-refractivity contribution >= 4 is 11.0 Å². The molecule has 0 atom stereocenters. The Kier molecular flexibility index (Phi) is 4.96. The van der Waals surface area contributed by atoms with Crippen LogP contribution >= 0.6 is 0 Å². The molecule has 0 saturated heterocycles. The molecule has 0 bridgehead atoms. The molecule has 4 aromatic rings. The number of methoxy groups -OCH3 is 3. The van der Waals surface area contributed by atoms with E-state index in [1.54, 1.807) is 39.5 Å². The fourth-order valence-electron chi connectivity index (χ4n) is 3.47. The van der Waals surface area contributed by atoms with Crippen molar-refractivity contribution in [2.75, 3.05) is 21.3 Å². The third kappa shape index (κ3) is 3.31. The van der Waals surface area contributed by atoms with Crippen LogP contribution in [0.25, 0.3) is 33.2 Å². The molecule has 5 nitrogen and oxygen atoms in total. The van der Waals surface area contributed by atoms with Crippen LogP contribution in [0.4, 0.5) is 0 Å². The Bertz CT molecular complexity index is 1230. The topological polar surface area (TPSA) is 57.9 Å². The van der Waals surface area contributed by atoms with Crippen molar-refractivity contribution in [3.05, 3.63) is 77.2 Å². The average molecular weight is 388 g/mol. The van der Waals surface area contributed by atoms with Gasteiger partial charge in [0.1, 0.15) is 11.3 Å². The standard InChI is InChI=1S/C24H20O5/c1-26-17-10-11-18-20(14-17)29-24(25)23(22(18)15-7-5-4-6-8-15)16-9-12-19(27-2)21(13-16)28-3/h4-14H,1-3H3. The Hall–Kier alpha value is -3.73. The van der Waals surface area contributed by atoms with Crippen LogP contribution in [0.5, 0.6) is 17.2 Å². The minimum absolute atomic E-state index is 0.433. The maximum absolute atomic E-state index is 13.1. The molecule has 0 aliphatic carbocycles. The van der Waals surface area contributed by atoms with Crippen LogP contribution in [0, 0.1) is 0 Å². The van der Waals surface area contributed by atoms with E-state index in [0.29, 0.717) is 34.0 Å². The van der Waals surface area contributed by atoms with Crippen LogP contribution < -0.4 is 19.8 Å². The number of rotatable bonds is 5. The van der Waals surface area contributed by atoms with E-state index in [2.05, 4.69) is 0 Å². The first kappa shape index (κ1) is 18.6. The van der Waals surface area contributed by atoms with Gasteiger partial charge in [0.05, 0.1) is 26.9 Å². The Morgan fingerprint density at radius 2 is 1.45 bits per heavy atom. The summed E-state index contributed by atoms with van der Waals surface area (Å²) in [4.78, 5) is 13.1. The smallest absolute Gasteiger partial charge is 0.344 e. The van der Waals surface area contributed by atoms with Crippen LogP contribution in [0.3, 0.4) is 0 Å². The van der Waals surface area contributed by atoms with Gasteiger partial charge in [-0.2, -0.15) is 0 Å². The minimum atomic E-state index is -0.433. The van der Waals surface area contributed by atoms with Crippen molar-refractivity contribution < 1.29 is 18.6 Å². The van der Waals surface area contributed by atoms with E-state index in [4.69, 9.17) is 18.6 Å². The van der Waals surface area contributed by atoms with Crippen LogP contribution in [0.15, 0.2) is 75.9 Å². The molecule has 1 aromatic heterocycles. The van der Waals surface area contributed by atoms with Crippen LogP contribution in [-0.4, -0.2) is 21.3 Å². The lowest BCUT2D eigenvalue weighted by Gasteiger charge is -2.14. The second-order valence-electron chi connectivity index (χ2n) is 6.44. The number of benzene rings is 3. The van der Waals surface area contributed by atoms with E-state index < -0.39 is 5.63 Å². The zero-order valence-corrected chi connectivity index (χ0v) is 16.4. The van der Waals surface area contributed by atoms with Gasteiger partial charge in [0.15, 0.2) is 11.5 Å². The third-order valence-electron chi connectivity index (χ3n) is 4.85. The molecular formula is C24H20O5. The van der Waals surface area contributed by atoms with E-state index in [0.717, 1.165) is 16.5 Å². The Labute approximate surface area is 168 Å². The van der Waals surface area contributed by atoms with Gasteiger partial charge < -0.3 is 18.6 Å². The predicted octanol–water partition coefficient (Wildman–Crippen LogP) is 5.15. The monoisotopic (exact) mass is 388 g/mol. The molecule has 1 heterocycles. The highest BCUT2D eigenvalue weighted by Gasteiger charge is 2.19. The molecule has 0 aliphatic rings. The number of ether oxygens (including phenoxy) is 3. The fourth-order valence-corrected chi connectivity index (χ4v) is 3.47. The molecule has 0 fully saturated rings. The molecule has 0 radical (unpaired) electrons. The van der Waals surface area contributed by atoms with E-state index in [1.165, 1.54) is 0 Å². The lowest BCUT2D eigenvalue weighted by atomic mass is 9.93. The molecule has 0 spiro atoms. The van der Waals surface area contributed by atoms with Gasteiger partial charge in [-0.1, -0.05) is 36.4 Å². The average Bonchev–Trinajstić information content (AvgIpc) is 2.77. The molecule has 0 N–H and O–H groups in total. The second-order valence-corrected chi connectivity index (χ2v) is 6.44. The van der Waals surface area contributed by atoms with Gasteiger partial charge in [-0.3, -0.25) is 0 Å². The van der Waals surface area contributed by atoms with Gasteiger partial charge in [0.25, 0.3) is 0 Å². The second kappa shape index (κ2) is 7.72. The van der Waals surface area contributed by atoms with Crippen molar-refractivity contribution in [3.63, 3.8) is 0 Å². The van der Waals surface area contributed by atoms with Crippen LogP contribution in [0.1, 0.15) is 0 Å². The summed E-state index contributed by atoms with van der Waals surface area (Å²) in [5, 5.41) is 0.821. The molecule has 146 valence electrons. The summed E-state index contributed by atoms with van der Waals surface area (Å²) in [7, 11) is 4.72. The summed E-state index contributed by atoms with van der Waals surface area (Å²) in [5.41, 5.74) is 2.91. The first-order valence-corrected chi connectivity index (χ1v) is 9.09. The summed E-state index contributed by atoms with van der Waals surface area (Å²) in [6.45, 7) is 0.